The average molecular weight is 496 g/mol. The molecule has 1 fully saturated rings. The molecule has 1 saturated heterocycles. The zero-order valence-corrected chi connectivity index (χ0v) is 20.3. The zero-order chi connectivity index (χ0) is 24.3. The van der Waals surface area contributed by atoms with Crippen LogP contribution < -0.4 is 4.90 Å². The largest absolute Gasteiger partial charge is 0.427 e. The fourth-order valence-corrected chi connectivity index (χ4v) is 3.84. The second kappa shape index (κ2) is 9.88. The Balaban J connectivity index is 1.61. The normalized spacial score (nSPS) is 14.0. The van der Waals surface area contributed by atoms with Crippen LogP contribution in [0.5, 0.6) is 0 Å². The number of carbonyl (C=O) groups is 1. The van der Waals surface area contributed by atoms with Gasteiger partial charge in [0.2, 0.25) is 0 Å². The SMILES string of the molecule is CC(C)(Cl)OC(=O)N1CCN(c2cnc(-c3ccc(C#N)cc3)c(-c3ccc(Cl)cc3)n2)CC1. The highest BCUT2D eigenvalue weighted by molar-refractivity contribution is 6.30. The molecular formula is C25H23Cl2N5O2. The lowest BCUT2D eigenvalue weighted by molar-refractivity contribution is 0.0570. The molecule has 0 spiro atoms. The van der Waals surface area contributed by atoms with Crippen molar-refractivity contribution in [1.29, 1.82) is 5.26 Å². The molecule has 2 heterocycles. The Hall–Kier alpha value is -3.34. The van der Waals surface area contributed by atoms with E-state index in [0.717, 1.165) is 11.1 Å². The van der Waals surface area contributed by atoms with Crippen molar-refractivity contribution < 1.29 is 9.53 Å². The van der Waals surface area contributed by atoms with E-state index >= 15 is 0 Å². The van der Waals surface area contributed by atoms with Crippen LogP contribution in [0.3, 0.4) is 0 Å². The highest BCUT2D eigenvalue weighted by Gasteiger charge is 2.28. The molecular weight excluding hydrogens is 473 g/mol. The Kier molecular flexibility index (Phi) is 6.92. The van der Waals surface area contributed by atoms with E-state index in [2.05, 4.69) is 11.0 Å². The lowest BCUT2D eigenvalue weighted by Crippen LogP contribution is -2.50. The van der Waals surface area contributed by atoms with Crippen LogP contribution in [-0.2, 0) is 4.74 Å². The average Bonchev–Trinajstić information content (AvgIpc) is 2.83. The minimum Gasteiger partial charge on any atom is -0.427 e. The first-order valence-electron chi connectivity index (χ1n) is 10.8. The summed E-state index contributed by atoms with van der Waals surface area (Å²) in [5.74, 6) is 0.716. The third-order valence-corrected chi connectivity index (χ3v) is 5.69. The van der Waals surface area contributed by atoms with E-state index in [0.29, 0.717) is 54.0 Å². The van der Waals surface area contributed by atoms with E-state index in [1.807, 2.05) is 36.4 Å². The number of rotatable bonds is 4. The summed E-state index contributed by atoms with van der Waals surface area (Å²) in [6.45, 7) is 5.41. The summed E-state index contributed by atoms with van der Waals surface area (Å²) in [5, 5.41) is 8.70. The number of alkyl halides is 1. The highest BCUT2D eigenvalue weighted by atomic mass is 35.5. The molecule has 4 rings (SSSR count). The predicted octanol–water partition coefficient (Wildman–Crippen LogP) is 5.57. The Bertz CT molecular complexity index is 1210. The smallest absolute Gasteiger partial charge is 0.411 e. The van der Waals surface area contributed by atoms with Gasteiger partial charge in [0.1, 0.15) is 5.82 Å². The Morgan fingerprint density at radius 1 is 1.00 bits per heavy atom. The first kappa shape index (κ1) is 23.8. The molecule has 7 nitrogen and oxygen atoms in total. The second-order valence-corrected chi connectivity index (χ2v) is 9.67. The number of benzene rings is 2. The quantitative estimate of drug-likeness (QED) is 0.440. The molecule has 34 heavy (non-hydrogen) atoms. The maximum Gasteiger partial charge on any atom is 0.411 e. The molecule has 0 radical (unpaired) electrons. The summed E-state index contributed by atoms with van der Waals surface area (Å²) in [6, 6.07) is 16.8. The van der Waals surface area contributed by atoms with Crippen LogP contribution in [0.4, 0.5) is 10.6 Å². The molecule has 1 aromatic heterocycles. The van der Waals surface area contributed by atoms with Gasteiger partial charge in [-0.2, -0.15) is 5.26 Å². The zero-order valence-electron chi connectivity index (χ0n) is 18.8. The predicted molar refractivity (Wildman–Crippen MR) is 133 cm³/mol. The van der Waals surface area contributed by atoms with Crippen LogP contribution in [0.15, 0.2) is 54.7 Å². The molecule has 1 aliphatic heterocycles. The van der Waals surface area contributed by atoms with E-state index in [9.17, 15) is 4.79 Å². The van der Waals surface area contributed by atoms with E-state index in [1.165, 1.54) is 0 Å². The minimum atomic E-state index is -1.05. The van der Waals surface area contributed by atoms with Gasteiger partial charge in [0.25, 0.3) is 0 Å². The van der Waals surface area contributed by atoms with Gasteiger partial charge in [-0.15, -0.1) is 0 Å². The highest BCUT2D eigenvalue weighted by Crippen LogP contribution is 2.32. The van der Waals surface area contributed by atoms with E-state index in [-0.39, 0.29) is 0 Å². The molecule has 0 unspecified atom stereocenters. The van der Waals surface area contributed by atoms with Crippen LogP contribution in [0, 0.1) is 11.3 Å². The van der Waals surface area contributed by atoms with Gasteiger partial charge in [0.05, 0.1) is 29.2 Å². The molecule has 0 bridgehead atoms. The first-order valence-corrected chi connectivity index (χ1v) is 11.5. The number of ether oxygens (including phenoxy) is 1. The summed E-state index contributed by atoms with van der Waals surface area (Å²) < 4.78 is 5.26. The molecule has 174 valence electrons. The number of hydrogen-bond donors (Lipinski definition) is 0. The summed E-state index contributed by atoms with van der Waals surface area (Å²) in [7, 11) is 0. The van der Waals surface area contributed by atoms with Crippen molar-refractivity contribution in [2.75, 3.05) is 31.1 Å². The third kappa shape index (κ3) is 5.58. The molecule has 1 aliphatic rings. The number of amides is 1. The van der Waals surface area contributed by atoms with Crippen molar-refractivity contribution in [1.82, 2.24) is 14.9 Å². The van der Waals surface area contributed by atoms with Crippen molar-refractivity contribution >= 4 is 35.1 Å². The van der Waals surface area contributed by atoms with Crippen LogP contribution in [0.2, 0.25) is 5.02 Å². The van der Waals surface area contributed by atoms with Crippen LogP contribution in [0.1, 0.15) is 19.4 Å². The maximum absolute atomic E-state index is 12.3. The molecule has 1 amide bonds. The molecule has 0 saturated carbocycles. The topological polar surface area (TPSA) is 82.4 Å². The van der Waals surface area contributed by atoms with Crippen LogP contribution >= 0.6 is 23.2 Å². The van der Waals surface area contributed by atoms with Crippen molar-refractivity contribution in [3.8, 4) is 28.6 Å². The molecule has 2 aromatic carbocycles. The monoisotopic (exact) mass is 495 g/mol. The number of nitriles is 1. The van der Waals surface area contributed by atoms with Gasteiger partial charge in [-0.3, -0.25) is 4.98 Å². The van der Waals surface area contributed by atoms with Crippen LogP contribution in [-0.4, -0.2) is 52.2 Å². The fourth-order valence-electron chi connectivity index (χ4n) is 3.65. The molecule has 0 aliphatic carbocycles. The van der Waals surface area contributed by atoms with Crippen LogP contribution in [0.25, 0.3) is 22.5 Å². The molecule has 0 N–H and O–H groups in total. The number of anilines is 1. The Morgan fingerprint density at radius 2 is 1.59 bits per heavy atom. The summed E-state index contributed by atoms with van der Waals surface area (Å²) in [4.78, 5) is 25.7. The van der Waals surface area contributed by atoms with Crippen molar-refractivity contribution in [3.05, 3.63) is 65.3 Å². The van der Waals surface area contributed by atoms with Gasteiger partial charge in [-0.25, -0.2) is 9.78 Å². The maximum atomic E-state index is 12.3. The molecule has 9 heteroatoms. The number of hydrogen-bond acceptors (Lipinski definition) is 6. The third-order valence-electron chi connectivity index (χ3n) is 5.36. The van der Waals surface area contributed by atoms with Crippen molar-refractivity contribution in [3.63, 3.8) is 0 Å². The number of aromatic nitrogens is 2. The van der Waals surface area contributed by atoms with Gasteiger partial charge in [0, 0.05) is 42.3 Å². The van der Waals surface area contributed by atoms with E-state index in [1.54, 1.807) is 37.1 Å². The lowest BCUT2D eigenvalue weighted by Gasteiger charge is -2.35. The number of halogens is 2. The van der Waals surface area contributed by atoms with Gasteiger partial charge in [-0.1, -0.05) is 47.5 Å². The standard InChI is InChI=1S/C25H23Cl2N5O2/c1-25(2,27)34-24(33)32-13-11-31(12-14-32)21-16-29-22(18-5-3-17(15-28)4-6-18)23(30-21)19-7-9-20(26)10-8-19/h3-10,16H,11-14H2,1-2H3. The van der Waals surface area contributed by atoms with E-state index < -0.39 is 11.2 Å². The lowest BCUT2D eigenvalue weighted by atomic mass is 10.0. The second-order valence-electron chi connectivity index (χ2n) is 8.33. The summed E-state index contributed by atoms with van der Waals surface area (Å²) >= 11 is 12.1. The van der Waals surface area contributed by atoms with Crippen molar-refractivity contribution in [2.45, 2.75) is 18.9 Å². The van der Waals surface area contributed by atoms with Crippen molar-refractivity contribution in [2.24, 2.45) is 0 Å². The summed E-state index contributed by atoms with van der Waals surface area (Å²) in [5.41, 5.74) is 3.74. The van der Waals surface area contributed by atoms with Gasteiger partial charge < -0.3 is 14.5 Å². The van der Waals surface area contributed by atoms with E-state index in [4.69, 9.17) is 43.2 Å². The van der Waals surface area contributed by atoms with Gasteiger partial charge in [0.15, 0.2) is 5.06 Å². The number of piperazine rings is 1. The first-order chi connectivity index (χ1) is 16.2. The van der Waals surface area contributed by atoms with Gasteiger partial charge >= 0.3 is 6.09 Å². The molecule has 3 aromatic rings. The number of carbonyl (C=O) groups excluding carboxylic acids is 1. The summed E-state index contributed by atoms with van der Waals surface area (Å²) in [6.07, 6.45) is 1.31. The number of nitrogens with zero attached hydrogens (tertiary/aromatic N) is 5. The minimum absolute atomic E-state index is 0.427. The molecule has 0 atom stereocenters. The Labute approximate surface area is 208 Å². The Morgan fingerprint density at radius 3 is 2.18 bits per heavy atom. The fraction of sp³-hybridized carbons (Fsp3) is 0.280. The van der Waals surface area contributed by atoms with Gasteiger partial charge in [-0.05, 0) is 38.1 Å².